The van der Waals surface area contributed by atoms with Gasteiger partial charge in [-0.05, 0) is 54.3 Å². The quantitative estimate of drug-likeness (QED) is 0.289. The standard InChI is InChI=1S/C28H29F3N2O5/c1-17(27(34)35)10-23-24(36-3)13-22(14-25(23)37-4)21-8-9-26(32-15-21)33-18(2)11-19-6-5-7-20(12-19)16-38-28(29,30)31/h5-9,12-15,17H,10-11,16H2,1-4H3,(H,34,35). The normalized spacial score (nSPS) is 12.8. The van der Waals surface area contributed by atoms with Crippen LogP contribution in [-0.4, -0.2) is 42.4 Å². The average Bonchev–Trinajstić information content (AvgIpc) is 2.87. The van der Waals surface area contributed by atoms with E-state index >= 15 is 0 Å². The van der Waals surface area contributed by atoms with Gasteiger partial charge < -0.3 is 14.6 Å². The molecule has 0 aliphatic rings. The molecular formula is C28H29F3N2O5. The number of hydrogen-bond acceptors (Lipinski definition) is 6. The minimum Gasteiger partial charge on any atom is -0.496 e. The number of aliphatic imine (C=N–C) groups is 1. The largest absolute Gasteiger partial charge is 0.522 e. The third kappa shape index (κ3) is 8.04. The molecule has 1 N–H and O–H groups in total. The van der Waals surface area contributed by atoms with Gasteiger partial charge in [-0.3, -0.25) is 9.53 Å². The summed E-state index contributed by atoms with van der Waals surface area (Å²) >= 11 is 0. The predicted octanol–water partition coefficient (Wildman–Crippen LogP) is 6.40. The SMILES string of the molecule is COc1cc(-c2ccc(N=C(C)Cc3cccc(COC(F)(F)F)c3)nc2)cc(OC)c1CC(C)C(=O)O. The van der Waals surface area contributed by atoms with Gasteiger partial charge >= 0.3 is 12.3 Å². The molecule has 3 aromatic rings. The molecule has 0 bridgehead atoms. The van der Waals surface area contributed by atoms with Crippen LogP contribution in [0.1, 0.15) is 30.5 Å². The van der Waals surface area contributed by atoms with E-state index in [1.165, 1.54) is 14.2 Å². The molecule has 0 radical (unpaired) electrons. The highest BCUT2D eigenvalue weighted by Gasteiger charge is 2.28. The number of halogens is 3. The summed E-state index contributed by atoms with van der Waals surface area (Å²) in [6.45, 7) is 2.89. The van der Waals surface area contributed by atoms with Crippen molar-refractivity contribution in [3.63, 3.8) is 0 Å². The van der Waals surface area contributed by atoms with E-state index in [2.05, 4.69) is 14.7 Å². The van der Waals surface area contributed by atoms with Gasteiger partial charge in [0.1, 0.15) is 11.5 Å². The number of hydrogen-bond donors (Lipinski definition) is 1. The molecular weight excluding hydrogens is 501 g/mol. The number of alkyl halides is 3. The Morgan fingerprint density at radius 1 is 1.03 bits per heavy atom. The maximum absolute atomic E-state index is 12.3. The molecule has 0 aliphatic carbocycles. The number of carboxylic acid groups (broad SMARTS) is 1. The minimum atomic E-state index is -4.68. The number of ether oxygens (including phenoxy) is 3. The van der Waals surface area contributed by atoms with Crippen molar-refractivity contribution in [3.05, 3.63) is 71.4 Å². The fourth-order valence-corrected chi connectivity index (χ4v) is 3.89. The van der Waals surface area contributed by atoms with Gasteiger partial charge in [0.15, 0.2) is 5.82 Å². The van der Waals surface area contributed by atoms with Crippen molar-refractivity contribution in [1.29, 1.82) is 0 Å². The molecule has 0 aliphatic heterocycles. The van der Waals surface area contributed by atoms with Gasteiger partial charge in [-0.1, -0.05) is 31.2 Å². The lowest BCUT2D eigenvalue weighted by molar-refractivity contribution is -0.330. The van der Waals surface area contributed by atoms with E-state index in [9.17, 15) is 23.1 Å². The van der Waals surface area contributed by atoms with Crippen molar-refractivity contribution < 1.29 is 37.3 Å². The predicted molar refractivity (Wildman–Crippen MR) is 137 cm³/mol. The molecule has 0 saturated heterocycles. The molecule has 10 heteroatoms. The van der Waals surface area contributed by atoms with Gasteiger partial charge in [-0.15, -0.1) is 13.2 Å². The lowest BCUT2D eigenvalue weighted by Gasteiger charge is -2.17. The van der Waals surface area contributed by atoms with Crippen molar-refractivity contribution in [2.24, 2.45) is 10.9 Å². The number of methoxy groups -OCH3 is 2. The monoisotopic (exact) mass is 530 g/mol. The molecule has 1 unspecified atom stereocenters. The van der Waals surface area contributed by atoms with Gasteiger partial charge in [-0.25, -0.2) is 9.98 Å². The van der Waals surface area contributed by atoms with Gasteiger partial charge in [0, 0.05) is 29.5 Å². The van der Waals surface area contributed by atoms with Crippen molar-refractivity contribution in [2.45, 2.75) is 39.7 Å². The first-order chi connectivity index (χ1) is 18.0. The highest BCUT2D eigenvalue weighted by atomic mass is 19.4. The zero-order valence-electron chi connectivity index (χ0n) is 21.5. The summed E-state index contributed by atoms with van der Waals surface area (Å²) in [5.41, 5.74) is 4.20. The summed E-state index contributed by atoms with van der Waals surface area (Å²) in [6.07, 6.45) is -2.32. The summed E-state index contributed by atoms with van der Waals surface area (Å²) < 4.78 is 51.9. The topological polar surface area (TPSA) is 90.2 Å². The second-order valence-corrected chi connectivity index (χ2v) is 8.79. The van der Waals surface area contributed by atoms with Crippen LogP contribution in [0, 0.1) is 5.92 Å². The summed E-state index contributed by atoms with van der Waals surface area (Å²) in [7, 11) is 3.04. The van der Waals surface area contributed by atoms with Crippen molar-refractivity contribution in [2.75, 3.05) is 14.2 Å². The molecule has 0 fully saturated rings. The lowest BCUT2D eigenvalue weighted by atomic mass is 9.96. The van der Waals surface area contributed by atoms with Crippen molar-refractivity contribution >= 4 is 17.5 Å². The first-order valence-corrected chi connectivity index (χ1v) is 11.8. The number of carboxylic acids is 1. The molecule has 3 rings (SSSR count). The average molecular weight is 531 g/mol. The molecule has 1 atom stereocenters. The van der Waals surface area contributed by atoms with E-state index in [4.69, 9.17) is 9.47 Å². The molecule has 0 amide bonds. The second-order valence-electron chi connectivity index (χ2n) is 8.79. The Hall–Kier alpha value is -3.92. The molecule has 202 valence electrons. The van der Waals surface area contributed by atoms with Gasteiger partial charge in [0.05, 0.1) is 26.7 Å². The van der Waals surface area contributed by atoms with E-state index < -0.39 is 24.9 Å². The van der Waals surface area contributed by atoms with Gasteiger partial charge in [-0.2, -0.15) is 0 Å². The molecule has 0 spiro atoms. The lowest BCUT2D eigenvalue weighted by Crippen LogP contribution is -2.13. The minimum absolute atomic E-state index is 0.255. The van der Waals surface area contributed by atoms with Crippen LogP contribution in [0.25, 0.3) is 11.1 Å². The van der Waals surface area contributed by atoms with E-state index in [0.717, 1.165) is 22.4 Å². The van der Waals surface area contributed by atoms with E-state index in [1.807, 2.05) is 31.2 Å². The summed E-state index contributed by atoms with van der Waals surface area (Å²) in [4.78, 5) is 20.3. The van der Waals surface area contributed by atoms with E-state index in [0.29, 0.717) is 34.9 Å². The number of carbonyl (C=O) groups is 1. The Labute approximate surface area is 218 Å². The summed E-state index contributed by atoms with van der Waals surface area (Å²) in [6, 6.07) is 14.0. The first-order valence-electron chi connectivity index (χ1n) is 11.8. The molecule has 38 heavy (non-hydrogen) atoms. The van der Waals surface area contributed by atoms with Crippen LogP contribution in [0.15, 0.2) is 59.7 Å². The van der Waals surface area contributed by atoms with Crippen LogP contribution in [0.2, 0.25) is 0 Å². The number of aliphatic carboxylic acids is 1. The van der Waals surface area contributed by atoms with Crippen LogP contribution < -0.4 is 9.47 Å². The third-order valence-corrected chi connectivity index (χ3v) is 5.78. The summed E-state index contributed by atoms with van der Waals surface area (Å²) in [5.74, 6) is 0.00791. The Balaban J connectivity index is 1.76. The zero-order valence-corrected chi connectivity index (χ0v) is 21.5. The van der Waals surface area contributed by atoms with Crippen LogP contribution in [0.4, 0.5) is 19.0 Å². The van der Waals surface area contributed by atoms with E-state index in [1.54, 1.807) is 37.4 Å². The van der Waals surface area contributed by atoms with Crippen molar-refractivity contribution in [3.8, 4) is 22.6 Å². The van der Waals surface area contributed by atoms with Gasteiger partial charge in [0.25, 0.3) is 0 Å². The molecule has 1 aromatic heterocycles. The number of rotatable bonds is 11. The number of aromatic nitrogens is 1. The van der Waals surface area contributed by atoms with E-state index in [-0.39, 0.29) is 6.42 Å². The maximum atomic E-state index is 12.3. The number of benzene rings is 2. The Morgan fingerprint density at radius 3 is 2.24 bits per heavy atom. The fourth-order valence-electron chi connectivity index (χ4n) is 3.89. The Bertz CT molecular complexity index is 1270. The second kappa shape index (κ2) is 12.6. The molecule has 7 nitrogen and oxygen atoms in total. The van der Waals surface area contributed by atoms with Crippen LogP contribution in [-0.2, 0) is 29.0 Å². The first kappa shape index (κ1) is 28.6. The summed E-state index contributed by atoms with van der Waals surface area (Å²) in [5, 5.41) is 9.29. The van der Waals surface area contributed by atoms with Crippen LogP contribution in [0.3, 0.4) is 0 Å². The highest BCUT2D eigenvalue weighted by Crippen LogP contribution is 2.36. The zero-order chi connectivity index (χ0) is 27.9. The smallest absolute Gasteiger partial charge is 0.496 e. The molecule has 2 aromatic carbocycles. The van der Waals surface area contributed by atoms with Gasteiger partial charge in [0.2, 0.25) is 0 Å². The Morgan fingerprint density at radius 2 is 1.68 bits per heavy atom. The van der Waals surface area contributed by atoms with Crippen LogP contribution >= 0.6 is 0 Å². The molecule has 0 saturated carbocycles. The maximum Gasteiger partial charge on any atom is 0.522 e. The fraction of sp³-hybridized carbons (Fsp3) is 0.321. The van der Waals surface area contributed by atoms with Crippen molar-refractivity contribution in [1.82, 2.24) is 4.98 Å². The third-order valence-electron chi connectivity index (χ3n) is 5.78. The van der Waals surface area contributed by atoms with Crippen LogP contribution in [0.5, 0.6) is 11.5 Å². The number of pyridine rings is 1. The Kier molecular flexibility index (Phi) is 9.46. The number of nitrogens with zero attached hydrogens (tertiary/aromatic N) is 2. The molecule has 1 heterocycles. The highest BCUT2D eigenvalue weighted by molar-refractivity contribution is 5.86.